The molecular weight excluding hydrogens is 308 g/mol. The van der Waals surface area contributed by atoms with Crippen molar-refractivity contribution in [2.24, 2.45) is 0 Å². The van der Waals surface area contributed by atoms with E-state index < -0.39 is 5.97 Å². The molecule has 1 heterocycles. The number of likely N-dealkylation sites (N-methyl/N-ethyl adjacent to an activating group) is 1. The SMILES string of the molecule is Cc1ccc(N2CCN(C)C(CC(=O)O)C2)c(Br)c1. The van der Waals surface area contributed by atoms with Crippen LogP contribution in [0.2, 0.25) is 0 Å². The van der Waals surface area contributed by atoms with Crippen molar-refractivity contribution < 1.29 is 9.90 Å². The lowest BCUT2D eigenvalue weighted by Crippen LogP contribution is -2.52. The zero-order valence-electron chi connectivity index (χ0n) is 11.3. The fraction of sp³-hybridized carbons (Fsp3) is 0.500. The number of rotatable bonds is 3. The van der Waals surface area contributed by atoms with Gasteiger partial charge in [-0.05, 0) is 47.6 Å². The summed E-state index contributed by atoms with van der Waals surface area (Å²) in [5.41, 5.74) is 2.36. The standard InChI is InChI=1S/C14H19BrN2O2/c1-10-3-4-13(12(15)7-10)17-6-5-16(2)11(9-17)8-14(18)19/h3-4,7,11H,5-6,8-9H2,1-2H3,(H,18,19). The van der Waals surface area contributed by atoms with E-state index in [0.717, 1.165) is 29.8 Å². The maximum absolute atomic E-state index is 10.9. The Morgan fingerprint density at radius 3 is 2.84 bits per heavy atom. The zero-order chi connectivity index (χ0) is 14.0. The third-order valence-corrected chi connectivity index (χ3v) is 4.27. The first-order chi connectivity index (χ1) is 8.97. The highest BCUT2D eigenvalue weighted by Crippen LogP contribution is 2.29. The molecule has 1 aliphatic heterocycles. The van der Waals surface area contributed by atoms with E-state index in [9.17, 15) is 4.79 Å². The Kier molecular flexibility index (Phi) is 4.47. The van der Waals surface area contributed by atoms with E-state index in [1.165, 1.54) is 5.56 Å². The van der Waals surface area contributed by atoms with Crippen LogP contribution in [0.4, 0.5) is 5.69 Å². The van der Waals surface area contributed by atoms with Crippen molar-refractivity contribution in [2.45, 2.75) is 19.4 Å². The summed E-state index contributed by atoms with van der Waals surface area (Å²) < 4.78 is 1.08. The lowest BCUT2D eigenvalue weighted by Gasteiger charge is -2.40. The Hall–Kier alpha value is -1.07. The molecule has 1 saturated heterocycles. The summed E-state index contributed by atoms with van der Waals surface area (Å²) in [6, 6.07) is 6.35. The summed E-state index contributed by atoms with van der Waals surface area (Å²) in [7, 11) is 2.00. The van der Waals surface area contributed by atoms with E-state index in [1.54, 1.807) is 0 Å². The second kappa shape index (κ2) is 5.92. The van der Waals surface area contributed by atoms with Gasteiger partial charge in [-0.1, -0.05) is 6.07 Å². The first kappa shape index (κ1) is 14.3. The second-order valence-corrected chi connectivity index (χ2v) is 5.99. The lowest BCUT2D eigenvalue weighted by molar-refractivity contribution is -0.138. The number of nitrogens with zero attached hydrogens (tertiary/aromatic N) is 2. The monoisotopic (exact) mass is 326 g/mol. The van der Waals surface area contributed by atoms with Crippen LogP contribution in [0, 0.1) is 6.92 Å². The van der Waals surface area contributed by atoms with Crippen molar-refractivity contribution in [3.63, 3.8) is 0 Å². The highest BCUT2D eigenvalue weighted by molar-refractivity contribution is 9.10. The van der Waals surface area contributed by atoms with Crippen LogP contribution in [0.3, 0.4) is 0 Å². The minimum Gasteiger partial charge on any atom is -0.481 e. The molecule has 1 aromatic rings. The van der Waals surface area contributed by atoms with Crippen LogP contribution in [0.25, 0.3) is 0 Å². The maximum Gasteiger partial charge on any atom is 0.305 e. The second-order valence-electron chi connectivity index (χ2n) is 5.13. The minimum atomic E-state index is -0.735. The highest BCUT2D eigenvalue weighted by Gasteiger charge is 2.27. The van der Waals surface area contributed by atoms with E-state index in [2.05, 4.69) is 50.9 Å². The van der Waals surface area contributed by atoms with Crippen molar-refractivity contribution >= 4 is 27.6 Å². The molecule has 5 heteroatoms. The van der Waals surface area contributed by atoms with Crippen molar-refractivity contribution in [1.82, 2.24) is 4.90 Å². The number of halogens is 1. The van der Waals surface area contributed by atoms with Gasteiger partial charge in [0.15, 0.2) is 0 Å². The first-order valence-electron chi connectivity index (χ1n) is 6.40. The number of carboxylic acids is 1. The summed E-state index contributed by atoms with van der Waals surface area (Å²) in [5, 5.41) is 8.98. The largest absolute Gasteiger partial charge is 0.481 e. The lowest BCUT2D eigenvalue weighted by atomic mass is 10.1. The number of anilines is 1. The van der Waals surface area contributed by atoms with Gasteiger partial charge in [0.25, 0.3) is 0 Å². The topological polar surface area (TPSA) is 43.8 Å². The van der Waals surface area contributed by atoms with Gasteiger partial charge in [-0.25, -0.2) is 0 Å². The van der Waals surface area contributed by atoms with Crippen LogP contribution >= 0.6 is 15.9 Å². The van der Waals surface area contributed by atoms with Crippen LogP contribution in [0.15, 0.2) is 22.7 Å². The van der Waals surface area contributed by atoms with E-state index >= 15 is 0 Å². The molecule has 1 aliphatic rings. The van der Waals surface area contributed by atoms with E-state index in [-0.39, 0.29) is 12.5 Å². The smallest absolute Gasteiger partial charge is 0.305 e. The first-order valence-corrected chi connectivity index (χ1v) is 7.20. The molecule has 0 spiro atoms. The van der Waals surface area contributed by atoms with Gasteiger partial charge in [0.05, 0.1) is 12.1 Å². The molecular formula is C14H19BrN2O2. The predicted octanol–water partition coefficient (Wildman–Crippen LogP) is 2.35. The van der Waals surface area contributed by atoms with Gasteiger partial charge in [-0.15, -0.1) is 0 Å². The molecule has 2 rings (SSSR count). The fourth-order valence-electron chi connectivity index (χ4n) is 2.46. The van der Waals surface area contributed by atoms with Gasteiger partial charge in [0.1, 0.15) is 0 Å². The van der Waals surface area contributed by atoms with Crippen molar-refractivity contribution in [3.05, 3.63) is 28.2 Å². The van der Waals surface area contributed by atoms with Crippen LogP contribution < -0.4 is 4.90 Å². The van der Waals surface area contributed by atoms with Crippen molar-refractivity contribution in [1.29, 1.82) is 0 Å². The van der Waals surface area contributed by atoms with E-state index in [4.69, 9.17) is 5.11 Å². The molecule has 0 saturated carbocycles. The van der Waals surface area contributed by atoms with Crippen LogP contribution in [0.5, 0.6) is 0 Å². The molecule has 0 aromatic heterocycles. The van der Waals surface area contributed by atoms with Gasteiger partial charge in [0.2, 0.25) is 0 Å². The molecule has 1 N–H and O–H groups in total. The normalized spacial score (nSPS) is 20.6. The summed E-state index contributed by atoms with van der Waals surface area (Å²) in [6.07, 6.45) is 0.191. The van der Waals surface area contributed by atoms with Gasteiger partial charge in [0, 0.05) is 30.1 Å². The van der Waals surface area contributed by atoms with Gasteiger partial charge >= 0.3 is 5.97 Å². The van der Waals surface area contributed by atoms with E-state index in [1.807, 2.05) is 7.05 Å². The molecule has 104 valence electrons. The molecule has 0 aliphatic carbocycles. The van der Waals surface area contributed by atoms with Crippen LogP contribution in [-0.4, -0.2) is 48.7 Å². The third kappa shape index (κ3) is 3.48. The number of benzene rings is 1. The quantitative estimate of drug-likeness (QED) is 0.926. The summed E-state index contributed by atoms with van der Waals surface area (Å²) in [6.45, 7) is 4.63. The number of hydrogen-bond donors (Lipinski definition) is 1. The summed E-state index contributed by atoms with van der Waals surface area (Å²) in [5.74, 6) is -0.735. The Morgan fingerprint density at radius 1 is 1.47 bits per heavy atom. The molecule has 1 atom stereocenters. The molecule has 4 nitrogen and oxygen atoms in total. The molecule has 1 aromatic carbocycles. The molecule has 0 amide bonds. The molecule has 0 radical (unpaired) electrons. The predicted molar refractivity (Wildman–Crippen MR) is 79.8 cm³/mol. The number of hydrogen-bond acceptors (Lipinski definition) is 3. The number of aryl methyl sites for hydroxylation is 1. The number of piperazine rings is 1. The molecule has 1 fully saturated rings. The average Bonchev–Trinajstić information content (AvgIpc) is 2.32. The fourth-order valence-corrected chi connectivity index (χ4v) is 3.20. The minimum absolute atomic E-state index is 0.0689. The van der Waals surface area contributed by atoms with E-state index in [0.29, 0.717) is 0 Å². The van der Waals surface area contributed by atoms with Crippen LogP contribution in [-0.2, 0) is 4.79 Å². The molecule has 0 bridgehead atoms. The summed E-state index contributed by atoms with van der Waals surface area (Å²) >= 11 is 3.60. The molecule has 19 heavy (non-hydrogen) atoms. The highest BCUT2D eigenvalue weighted by atomic mass is 79.9. The Morgan fingerprint density at radius 2 is 2.21 bits per heavy atom. The average molecular weight is 327 g/mol. The third-order valence-electron chi connectivity index (χ3n) is 3.63. The van der Waals surface area contributed by atoms with Gasteiger partial charge in [-0.3, -0.25) is 9.69 Å². The maximum atomic E-state index is 10.9. The number of aliphatic carboxylic acids is 1. The summed E-state index contributed by atoms with van der Waals surface area (Å²) in [4.78, 5) is 15.3. The molecule has 1 unspecified atom stereocenters. The Balaban J connectivity index is 2.15. The number of carboxylic acid groups (broad SMARTS) is 1. The Labute approximate surface area is 122 Å². The van der Waals surface area contributed by atoms with Gasteiger partial charge in [-0.2, -0.15) is 0 Å². The van der Waals surface area contributed by atoms with Crippen molar-refractivity contribution in [2.75, 3.05) is 31.6 Å². The van der Waals surface area contributed by atoms with Gasteiger partial charge < -0.3 is 10.0 Å². The number of carbonyl (C=O) groups is 1. The van der Waals surface area contributed by atoms with Crippen molar-refractivity contribution in [3.8, 4) is 0 Å². The Bertz CT molecular complexity index is 479. The van der Waals surface area contributed by atoms with Crippen LogP contribution in [0.1, 0.15) is 12.0 Å². The zero-order valence-corrected chi connectivity index (χ0v) is 12.9.